The molecule has 0 spiro atoms. The SMILES string of the molecule is CCOC(=O)c1ccc(OC(C)C(=O)N(CC)CC)cc1. The lowest BCUT2D eigenvalue weighted by Gasteiger charge is -2.23. The number of nitrogens with zero attached hydrogens (tertiary/aromatic N) is 1. The van der Waals surface area contributed by atoms with E-state index in [0.717, 1.165) is 0 Å². The van der Waals surface area contributed by atoms with Crippen LogP contribution in [0.4, 0.5) is 0 Å². The predicted octanol–water partition coefficient (Wildman–Crippen LogP) is 2.50. The molecule has 0 bridgehead atoms. The van der Waals surface area contributed by atoms with Crippen molar-refractivity contribution in [3.05, 3.63) is 29.8 Å². The first-order chi connectivity index (χ1) is 10.0. The fourth-order valence-corrected chi connectivity index (χ4v) is 1.93. The smallest absolute Gasteiger partial charge is 0.338 e. The molecule has 5 heteroatoms. The normalized spacial score (nSPS) is 11.6. The topological polar surface area (TPSA) is 55.8 Å². The van der Waals surface area contributed by atoms with Gasteiger partial charge in [-0.25, -0.2) is 4.79 Å². The van der Waals surface area contributed by atoms with Gasteiger partial charge in [-0.15, -0.1) is 0 Å². The van der Waals surface area contributed by atoms with Gasteiger partial charge in [-0.1, -0.05) is 0 Å². The Kier molecular flexibility index (Phi) is 6.72. The summed E-state index contributed by atoms with van der Waals surface area (Å²) in [6.07, 6.45) is -0.557. The first-order valence-corrected chi connectivity index (χ1v) is 7.26. The van der Waals surface area contributed by atoms with Crippen LogP contribution in [-0.2, 0) is 9.53 Å². The maximum Gasteiger partial charge on any atom is 0.338 e. The molecule has 21 heavy (non-hydrogen) atoms. The van der Waals surface area contributed by atoms with E-state index in [-0.39, 0.29) is 11.9 Å². The molecule has 0 aliphatic rings. The summed E-state index contributed by atoms with van der Waals surface area (Å²) in [5, 5.41) is 0. The first-order valence-electron chi connectivity index (χ1n) is 7.26. The van der Waals surface area contributed by atoms with Gasteiger partial charge in [0.2, 0.25) is 0 Å². The molecule has 0 saturated heterocycles. The highest BCUT2D eigenvalue weighted by Gasteiger charge is 2.19. The number of esters is 1. The summed E-state index contributed by atoms with van der Waals surface area (Å²) in [7, 11) is 0. The quantitative estimate of drug-likeness (QED) is 0.725. The summed E-state index contributed by atoms with van der Waals surface area (Å²) in [4.78, 5) is 25.3. The molecule has 116 valence electrons. The van der Waals surface area contributed by atoms with E-state index in [0.29, 0.717) is 31.0 Å². The minimum atomic E-state index is -0.557. The Balaban J connectivity index is 2.67. The van der Waals surface area contributed by atoms with Crippen molar-refractivity contribution < 1.29 is 19.1 Å². The number of likely N-dealkylation sites (N-methyl/N-ethyl adjacent to an activating group) is 1. The van der Waals surface area contributed by atoms with Crippen LogP contribution in [0.5, 0.6) is 5.75 Å². The Bertz CT molecular complexity index is 466. The summed E-state index contributed by atoms with van der Waals surface area (Å²) in [6.45, 7) is 9.00. The van der Waals surface area contributed by atoms with Crippen molar-refractivity contribution >= 4 is 11.9 Å². The second-order valence-corrected chi connectivity index (χ2v) is 4.52. The number of rotatable bonds is 7. The van der Waals surface area contributed by atoms with Crippen LogP contribution in [-0.4, -0.2) is 42.6 Å². The lowest BCUT2D eigenvalue weighted by atomic mass is 10.2. The van der Waals surface area contributed by atoms with Crippen molar-refractivity contribution in [1.29, 1.82) is 0 Å². The molecule has 0 aromatic heterocycles. The summed E-state index contributed by atoms with van der Waals surface area (Å²) < 4.78 is 10.5. The molecule has 0 radical (unpaired) electrons. The van der Waals surface area contributed by atoms with Crippen LogP contribution in [0, 0.1) is 0 Å². The van der Waals surface area contributed by atoms with Crippen molar-refractivity contribution in [3.8, 4) is 5.75 Å². The summed E-state index contributed by atoms with van der Waals surface area (Å²) >= 11 is 0. The van der Waals surface area contributed by atoms with Crippen molar-refractivity contribution in [2.75, 3.05) is 19.7 Å². The van der Waals surface area contributed by atoms with E-state index < -0.39 is 6.10 Å². The van der Waals surface area contributed by atoms with Crippen molar-refractivity contribution in [3.63, 3.8) is 0 Å². The van der Waals surface area contributed by atoms with Crippen LogP contribution >= 0.6 is 0 Å². The van der Waals surface area contributed by atoms with Gasteiger partial charge >= 0.3 is 5.97 Å². The fourth-order valence-electron chi connectivity index (χ4n) is 1.93. The van der Waals surface area contributed by atoms with Gasteiger partial charge in [-0.2, -0.15) is 0 Å². The van der Waals surface area contributed by atoms with Gasteiger partial charge in [-0.3, -0.25) is 4.79 Å². The Morgan fingerprint density at radius 1 is 1.10 bits per heavy atom. The van der Waals surface area contributed by atoms with E-state index >= 15 is 0 Å². The van der Waals surface area contributed by atoms with Crippen LogP contribution in [0.15, 0.2) is 24.3 Å². The Hall–Kier alpha value is -2.04. The standard InChI is InChI=1S/C16H23NO4/c1-5-17(6-2)15(18)12(4)21-14-10-8-13(9-11-14)16(19)20-7-3/h8-12H,5-7H2,1-4H3. The number of ether oxygens (including phenoxy) is 2. The zero-order chi connectivity index (χ0) is 15.8. The predicted molar refractivity (Wildman–Crippen MR) is 80.4 cm³/mol. The van der Waals surface area contributed by atoms with Crippen LogP contribution in [0.25, 0.3) is 0 Å². The van der Waals surface area contributed by atoms with Gasteiger partial charge in [0, 0.05) is 13.1 Å². The highest BCUT2D eigenvalue weighted by atomic mass is 16.5. The molecule has 1 amide bonds. The summed E-state index contributed by atoms with van der Waals surface area (Å²) in [6, 6.07) is 6.58. The number of hydrogen-bond donors (Lipinski definition) is 0. The average molecular weight is 293 g/mol. The third-order valence-electron chi connectivity index (χ3n) is 3.10. The Morgan fingerprint density at radius 3 is 2.14 bits per heavy atom. The van der Waals surface area contributed by atoms with Crippen LogP contribution in [0.2, 0.25) is 0 Å². The van der Waals surface area contributed by atoms with E-state index in [1.165, 1.54) is 0 Å². The van der Waals surface area contributed by atoms with E-state index in [2.05, 4.69) is 0 Å². The van der Waals surface area contributed by atoms with Gasteiger partial charge in [-0.05, 0) is 52.0 Å². The molecule has 0 aliphatic carbocycles. The van der Waals surface area contributed by atoms with E-state index in [1.807, 2.05) is 13.8 Å². The minimum Gasteiger partial charge on any atom is -0.481 e. The number of benzene rings is 1. The largest absolute Gasteiger partial charge is 0.481 e. The lowest BCUT2D eigenvalue weighted by molar-refractivity contribution is -0.137. The molecule has 0 heterocycles. The molecule has 1 atom stereocenters. The van der Waals surface area contributed by atoms with Crippen LogP contribution in [0.1, 0.15) is 38.1 Å². The second kappa shape index (κ2) is 8.29. The summed E-state index contributed by atoms with van der Waals surface area (Å²) in [5.74, 6) is 0.141. The third kappa shape index (κ3) is 4.77. The van der Waals surface area contributed by atoms with Crippen LogP contribution in [0.3, 0.4) is 0 Å². The van der Waals surface area contributed by atoms with Gasteiger partial charge < -0.3 is 14.4 Å². The molecule has 0 fully saturated rings. The minimum absolute atomic E-state index is 0.0468. The third-order valence-corrected chi connectivity index (χ3v) is 3.10. The van der Waals surface area contributed by atoms with E-state index in [9.17, 15) is 9.59 Å². The first kappa shape index (κ1) is 17.0. The molecule has 1 unspecified atom stereocenters. The number of carbonyl (C=O) groups excluding carboxylic acids is 2. The maximum atomic E-state index is 12.1. The zero-order valence-corrected chi connectivity index (χ0v) is 13.1. The molecule has 0 aliphatic heterocycles. The molecular weight excluding hydrogens is 270 g/mol. The molecule has 1 aromatic carbocycles. The number of carbonyl (C=O) groups is 2. The molecule has 0 N–H and O–H groups in total. The zero-order valence-electron chi connectivity index (χ0n) is 13.1. The monoisotopic (exact) mass is 293 g/mol. The molecule has 1 aromatic rings. The van der Waals surface area contributed by atoms with Crippen molar-refractivity contribution in [2.45, 2.75) is 33.8 Å². The van der Waals surface area contributed by atoms with Gasteiger partial charge in [0.15, 0.2) is 6.10 Å². The second-order valence-electron chi connectivity index (χ2n) is 4.52. The van der Waals surface area contributed by atoms with Gasteiger partial charge in [0.1, 0.15) is 5.75 Å². The van der Waals surface area contributed by atoms with E-state index in [1.54, 1.807) is 43.0 Å². The number of amides is 1. The summed E-state index contributed by atoms with van der Waals surface area (Å²) in [5.41, 5.74) is 0.465. The molecule has 5 nitrogen and oxygen atoms in total. The van der Waals surface area contributed by atoms with E-state index in [4.69, 9.17) is 9.47 Å². The maximum absolute atomic E-state index is 12.1. The highest BCUT2D eigenvalue weighted by Crippen LogP contribution is 2.15. The lowest BCUT2D eigenvalue weighted by Crippen LogP contribution is -2.40. The highest BCUT2D eigenvalue weighted by molar-refractivity contribution is 5.89. The average Bonchev–Trinajstić information content (AvgIpc) is 2.49. The van der Waals surface area contributed by atoms with Gasteiger partial charge in [0.25, 0.3) is 5.91 Å². The number of hydrogen-bond acceptors (Lipinski definition) is 4. The Labute approximate surface area is 125 Å². The van der Waals surface area contributed by atoms with Crippen molar-refractivity contribution in [2.24, 2.45) is 0 Å². The molecular formula is C16H23NO4. The van der Waals surface area contributed by atoms with Crippen LogP contribution < -0.4 is 4.74 Å². The molecule has 0 saturated carbocycles. The Morgan fingerprint density at radius 2 is 1.67 bits per heavy atom. The van der Waals surface area contributed by atoms with Gasteiger partial charge in [0.05, 0.1) is 12.2 Å². The van der Waals surface area contributed by atoms with Crippen molar-refractivity contribution in [1.82, 2.24) is 4.90 Å². The molecule has 1 rings (SSSR count). The fraction of sp³-hybridized carbons (Fsp3) is 0.500.